The highest BCUT2D eigenvalue weighted by molar-refractivity contribution is 5.84. The van der Waals surface area contributed by atoms with E-state index in [4.69, 9.17) is 13.9 Å². The van der Waals surface area contributed by atoms with E-state index in [1.807, 2.05) is 18.2 Å². The van der Waals surface area contributed by atoms with Gasteiger partial charge in [-0.25, -0.2) is 0 Å². The Kier molecular flexibility index (Phi) is 5.43. The maximum absolute atomic E-state index is 11.0. The average molecular weight is 288 g/mol. The van der Waals surface area contributed by atoms with Gasteiger partial charge in [0.05, 0.1) is 19.5 Å². The molecule has 1 heterocycles. The molecule has 4 heteroatoms. The first kappa shape index (κ1) is 15.2. The number of benzene rings is 1. The molecule has 21 heavy (non-hydrogen) atoms. The van der Waals surface area contributed by atoms with Crippen LogP contribution in [-0.2, 0) is 0 Å². The van der Waals surface area contributed by atoms with Crippen molar-refractivity contribution in [1.82, 2.24) is 0 Å². The molecule has 4 nitrogen and oxygen atoms in total. The maximum atomic E-state index is 11.0. The molecule has 0 amide bonds. The van der Waals surface area contributed by atoms with Gasteiger partial charge in [-0.3, -0.25) is 4.79 Å². The monoisotopic (exact) mass is 288 g/mol. The van der Waals surface area contributed by atoms with E-state index >= 15 is 0 Å². The number of carbonyl (C=O) groups excluding carboxylic acids is 1. The molecule has 0 aliphatic carbocycles. The van der Waals surface area contributed by atoms with E-state index in [1.165, 1.54) is 6.26 Å². The Hall–Kier alpha value is -2.23. The summed E-state index contributed by atoms with van der Waals surface area (Å²) in [5.74, 6) is 1.74. The molecule has 2 rings (SSSR count). The molecule has 0 N–H and O–H groups in total. The quantitative estimate of drug-likeness (QED) is 0.678. The second kappa shape index (κ2) is 7.53. The van der Waals surface area contributed by atoms with Crippen LogP contribution >= 0.6 is 0 Å². The van der Waals surface area contributed by atoms with E-state index in [0.29, 0.717) is 31.0 Å². The van der Waals surface area contributed by atoms with E-state index in [1.54, 1.807) is 6.07 Å². The molecule has 112 valence electrons. The summed E-state index contributed by atoms with van der Waals surface area (Å²) in [6.07, 6.45) is 4.07. The zero-order valence-corrected chi connectivity index (χ0v) is 12.4. The number of hydrogen-bond acceptors (Lipinski definition) is 4. The molecule has 0 unspecified atom stereocenters. The first-order valence-corrected chi connectivity index (χ1v) is 7.22. The topological polar surface area (TPSA) is 48.7 Å². The second-order valence-electron chi connectivity index (χ2n) is 4.67. The zero-order valence-electron chi connectivity index (χ0n) is 12.4. The molecule has 0 spiro atoms. The van der Waals surface area contributed by atoms with E-state index < -0.39 is 0 Å². The van der Waals surface area contributed by atoms with E-state index in [2.05, 4.69) is 13.8 Å². The van der Waals surface area contributed by atoms with Crippen LogP contribution in [0.3, 0.4) is 0 Å². The van der Waals surface area contributed by atoms with Crippen LogP contribution in [0.2, 0.25) is 0 Å². The first-order chi connectivity index (χ1) is 10.3. The summed E-state index contributed by atoms with van der Waals surface area (Å²) >= 11 is 0. The Balaban J connectivity index is 2.33. The highest BCUT2D eigenvalue weighted by atomic mass is 16.5. The molecule has 0 atom stereocenters. The van der Waals surface area contributed by atoms with Crippen LogP contribution in [0.1, 0.15) is 37.2 Å². The Morgan fingerprint density at radius 1 is 1.05 bits per heavy atom. The Morgan fingerprint density at radius 3 is 2.43 bits per heavy atom. The molecule has 1 aromatic heterocycles. The number of furan rings is 1. The third kappa shape index (κ3) is 3.66. The maximum Gasteiger partial charge on any atom is 0.185 e. The van der Waals surface area contributed by atoms with Crippen molar-refractivity contribution in [1.29, 1.82) is 0 Å². The van der Waals surface area contributed by atoms with Crippen molar-refractivity contribution >= 4 is 6.29 Å². The third-order valence-electron chi connectivity index (χ3n) is 2.98. The van der Waals surface area contributed by atoms with Gasteiger partial charge in [-0.15, -0.1) is 0 Å². The fourth-order valence-electron chi connectivity index (χ4n) is 1.98. The summed E-state index contributed by atoms with van der Waals surface area (Å²) in [4.78, 5) is 11.0. The van der Waals surface area contributed by atoms with E-state index in [9.17, 15) is 4.79 Å². The van der Waals surface area contributed by atoms with Crippen molar-refractivity contribution in [3.63, 3.8) is 0 Å². The smallest absolute Gasteiger partial charge is 0.185 e. The van der Waals surface area contributed by atoms with Crippen LogP contribution < -0.4 is 9.47 Å². The van der Waals surface area contributed by atoms with Crippen molar-refractivity contribution in [3.8, 4) is 22.6 Å². The van der Waals surface area contributed by atoms with Gasteiger partial charge in [0, 0.05) is 5.56 Å². The summed E-state index contributed by atoms with van der Waals surface area (Å²) in [7, 11) is 0. The van der Waals surface area contributed by atoms with Crippen LogP contribution in [0.15, 0.2) is 34.9 Å². The first-order valence-electron chi connectivity index (χ1n) is 7.22. The third-order valence-corrected chi connectivity index (χ3v) is 2.98. The van der Waals surface area contributed by atoms with Crippen LogP contribution in [0.5, 0.6) is 11.5 Å². The van der Waals surface area contributed by atoms with Gasteiger partial charge >= 0.3 is 0 Å². The molecule has 0 saturated carbocycles. The Morgan fingerprint density at radius 2 is 1.76 bits per heavy atom. The van der Waals surface area contributed by atoms with Gasteiger partial charge in [0.15, 0.2) is 23.5 Å². The predicted octanol–water partition coefficient (Wildman–Crippen LogP) is 4.34. The van der Waals surface area contributed by atoms with Crippen molar-refractivity contribution in [2.45, 2.75) is 26.7 Å². The van der Waals surface area contributed by atoms with Gasteiger partial charge in [0.2, 0.25) is 0 Å². The summed E-state index contributed by atoms with van der Waals surface area (Å²) in [6, 6.07) is 7.44. The summed E-state index contributed by atoms with van der Waals surface area (Å²) in [6.45, 7) is 5.38. The molecule has 0 saturated heterocycles. The highest BCUT2D eigenvalue weighted by Crippen LogP contribution is 2.34. The predicted molar refractivity (Wildman–Crippen MR) is 81.1 cm³/mol. The van der Waals surface area contributed by atoms with Crippen LogP contribution in [0.25, 0.3) is 11.1 Å². The molecule has 0 aliphatic rings. The van der Waals surface area contributed by atoms with Crippen LogP contribution in [0, 0.1) is 0 Å². The van der Waals surface area contributed by atoms with Crippen molar-refractivity contribution in [2.75, 3.05) is 13.2 Å². The minimum absolute atomic E-state index is 0.318. The van der Waals surface area contributed by atoms with Crippen LogP contribution in [-0.4, -0.2) is 19.5 Å². The molecule has 0 fully saturated rings. The minimum atomic E-state index is 0.318. The van der Waals surface area contributed by atoms with E-state index in [-0.39, 0.29) is 0 Å². The average Bonchev–Trinajstić information content (AvgIpc) is 2.99. The highest BCUT2D eigenvalue weighted by Gasteiger charge is 2.12. The second-order valence-corrected chi connectivity index (χ2v) is 4.67. The molecule has 2 aromatic rings. The van der Waals surface area contributed by atoms with Gasteiger partial charge < -0.3 is 13.9 Å². The largest absolute Gasteiger partial charge is 0.490 e. The summed E-state index contributed by atoms with van der Waals surface area (Å²) in [5, 5.41) is 0. The molecule has 0 aliphatic heterocycles. The lowest BCUT2D eigenvalue weighted by atomic mass is 10.1. The van der Waals surface area contributed by atoms with Crippen molar-refractivity contribution in [2.24, 2.45) is 0 Å². The van der Waals surface area contributed by atoms with Gasteiger partial charge in [0.1, 0.15) is 0 Å². The zero-order chi connectivity index (χ0) is 15.1. The Labute approximate surface area is 124 Å². The van der Waals surface area contributed by atoms with Gasteiger partial charge in [-0.05, 0) is 36.6 Å². The number of hydrogen-bond donors (Lipinski definition) is 0. The van der Waals surface area contributed by atoms with Crippen molar-refractivity contribution < 1.29 is 18.7 Å². The number of carbonyl (C=O) groups is 1. The summed E-state index contributed by atoms with van der Waals surface area (Å²) < 4.78 is 16.6. The number of aldehydes is 1. The minimum Gasteiger partial charge on any atom is -0.490 e. The fourth-order valence-corrected chi connectivity index (χ4v) is 1.98. The number of ether oxygens (including phenoxy) is 2. The molecular weight excluding hydrogens is 268 g/mol. The van der Waals surface area contributed by atoms with Crippen LogP contribution in [0.4, 0.5) is 0 Å². The van der Waals surface area contributed by atoms with Crippen molar-refractivity contribution in [3.05, 3.63) is 36.3 Å². The SMILES string of the molecule is CCCOc1ccc(-c2ccoc2C=O)cc1OCCC. The van der Waals surface area contributed by atoms with Gasteiger partial charge in [-0.1, -0.05) is 19.9 Å². The fraction of sp³-hybridized carbons (Fsp3) is 0.353. The molecule has 0 bridgehead atoms. The molecule has 0 radical (unpaired) electrons. The lowest BCUT2D eigenvalue weighted by molar-refractivity contribution is 0.110. The normalized spacial score (nSPS) is 10.4. The lowest BCUT2D eigenvalue weighted by Gasteiger charge is -2.13. The lowest BCUT2D eigenvalue weighted by Crippen LogP contribution is -2.01. The van der Waals surface area contributed by atoms with Gasteiger partial charge in [-0.2, -0.15) is 0 Å². The summed E-state index contributed by atoms with van der Waals surface area (Å²) in [5.41, 5.74) is 1.63. The van der Waals surface area contributed by atoms with Gasteiger partial charge in [0.25, 0.3) is 0 Å². The van der Waals surface area contributed by atoms with E-state index in [0.717, 1.165) is 29.7 Å². The number of rotatable bonds is 8. The molecular formula is C17H20O4. The standard InChI is InChI=1S/C17H20O4/c1-3-8-19-15-6-5-13(11-16(15)20-9-4-2)14-7-10-21-17(14)12-18/h5-7,10-12H,3-4,8-9H2,1-2H3. The molecule has 1 aromatic carbocycles. The Bertz CT molecular complexity index is 586.